The van der Waals surface area contributed by atoms with E-state index in [9.17, 15) is 18.0 Å². The van der Waals surface area contributed by atoms with E-state index in [0.717, 1.165) is 51.0 Å². The smallest absolute Gasteiger partial charge is 0.354 e. The van der Waals surface area contributed by atoms with Crippen LogP contribution in [-0.2, 0) is 17.4 Å². The van der Waals surface area contributed by atoms with Crippen LogP contribution in [0.15, 0.2) is 24.3 Å². The van der Waals surface area contributed by atoms with Crippen molar-refractivity contribution in [2.24, 2.45) is 5.41 Å². The van der Waals surface area contributed by atoms with E-state index < -0.39 is 11.7 Å². The summed E-state index contributed by atoms with van der Waals surface area (Å²) in [4.78, 5) is 12.3. The first-order valence-corrected chi connectivity index (χ1v) is 8.76. The summed E-state index contributed by atoms with van der Waals surface area (Å²) in [6, 6.07) is 5.06. The Hall–Kier alpha value is -1.60. The first kappa shape index (κ1) is 18.2. The molecule has 138 valence electrons. The second kappa shape index (κ2) is 7.33. The lowest BCUT2D eigenvalue weighted by Gasteiger charge is -2.33. The molecule has 1 atom stereocenters. The predicted molar refractivity (Wildman–Crippen MR) is 89.1 cm³/mol. The van der Waals surface area contributed by atoms with Gasteiger partial charge in [-0.3, -0.25) is 4.79 Å². The lowest BCUT2D eigenvalue weighted by atomic mass is 9.77. The number of alkyl halides is 3. The first-order valence-electron chi connectivity index (χ1n) is 8.76. The Balaban J connectivity index is 1.47. The quantitative estimate of drug-likeness (QED) is 0.775. The van der Waals surface area contributed by atoms with E-state index in [4.69, 9.17) is 0 Å². The molecule has 2 aliphatic rings. The number of amides is 1. The highest BCUT2D eigenvalue weighted by atomic mass is 19.4. The molecule has 1 spiro atoms. The van der Waals surface area contributed by atoms with Gasteiger partial charge in [-0.25, -0.2) is 0 Å². The van der Waals surface area contributed by atoms with Crippen molar-refractivity contribution in [1.29, 1.82) is 0 Å². The van der Waals surface area contributed by atoms with E-state index in [0.29, 0.717) is 18.5 Å². The molecule has 1 aromatic rings. The van der Waals surface area contributed by atoms with Crippen LogP contribution >= 0.6 is 0 Å². The maximum absolute atomic E-state index is 12.7. The van der Waals surface area contributed by atoms with E-state index in [-0.39, 0.29) is 17.4 Å². The molecule has 2 saturated heterocycles. The monoisotopic (exact) mass is 355 g/mol. The molecule has 3 rings (SSSR count). The van der Waals surface area contributed by atoms with E-state index in [1.165, 1.54) is 6.07 Å². The molecule has 0 aliphatic carbocycles. The highest BCUT2D eigenvalue weighted by Gasteiger charge is 2.41. The molecule has 2 fully saturated rings. The summed E-state index contributed by atoms with van der Waals surface area (Å²) >= 11 is 0. The molecule has 2 heterocycles. The van der Waals surface area contributed by atoms with Gasteiger partial charge in [0.05, 0.1) is 11.6 Å². The van der Waals surface area contributed by atoms with Gasteiger partial charge in [-0.2, -0.15) is 13.2 Å². The van der Waals surface area contributed by atoms with Crippen molar-refractivity contribution < 1.29 is 18.0 Å². The second-order valence-electron chi connectivity index (χ2n) is 7.13. The number of piperidine rings is 1. The Bertz CT molecular complexity index is 612. The van der Waals surface area contributed by atoms with Crippen molar-refractivity contribution >= 4 is 5.91 Å². The largest absolute Gasteiger partial charge is 0.416 e. The van der Waals surface area contributed by atoms with E-state index in [1.54, 1.807) is 6.07 Å². The molecule has 0 saturated carbocycles. The summed E-state index contributed by atoms with van der Waals surface area (Å²) < 4.78 is 38.1. The Morgan fingerprint density at radius 1 is 1.28 bits per heavy atom. The molecule has 25 heavy (non-hydrogen) atoms. The Morgan fingerprint density at radius 3 is 2.76 bits per heavy atom. The van der Waals surface area contributed by atoms with Gasteiger partial charge in [-0.15, -0.1) is 0 Å². The highest BCUT2D eigenvalue weighted by Crippen LogP contribution is 2.37. The van der Waals surface area contributed by atoms with Gasteiger partial charge in [-0.05, 0) is 55.8 Å². The van der Waals surface area contributed by atoms with Crippen LogP contribution in [0.5, 0.6) is 0 Å². The Kier molecular flexibility index (Phi) is 5.34. The van der Waals surface area contributed by atoms with Gasteiger partial charge in [0, 0.05) is 13.1 Å². The molecule has 4 nitrogen and oxygen atoms in total. The zero-order chi connectivity index (χ0) is 17.9. The summed E-state index contributed by atoms with van der Waals surface area (Å²) in [6.07, 6.45) is -0.959. The first-order chi connectivity index (χ1) is 11.9. The molecule has 0 unspecified atom stereocenters. The average molecular weight is 355 g/mol. The number of carbonyl (C=O) groups is 1. The summed E-state index contributed by atoms with van der Waals surface area (Å²) in [5.41, 5.74) is 0.139. The fourth-order valence-electron chi connectivity index (χ4n) is 3.80. The van der Waals surface area contributed by atoms with Crippen molar-refractivity contribution in [2.45, 2.75) is 37.9 Å². The van der Waals surface area contributed by atoms with E-state index in [1.807, 2.05) is 0 Å². The topological polar surface area (TPSA) is 53.2 Å². The van der Waals surface area contributed by atoms with Gasteiger partial charge in [0.15, 0.2) is 0 Å². The normalized spacial score (nSPS) is 22.9. The van der Waals surface area contributed by atoms with Crippen LogP contribution in [0.25, 0.3) is 0 Å². The average Bonchev–Trinajstić information content (AvgIpc) is 2.98. The van der Waals surface area contributed by atoms with Crippen LogP contribution < -0.4 is 16.0 Å². The van der Waals surface area contributed by atoms with Gasteiger partial charge in [0.25, 0.3) is 0 Å². The molecule has 1 amide bonds. The highest BCUT2D eigenvalue weighted by molar-refractivity contribution is 5.82. The third-order valence-corrected chi connectivity index (χ3v) is 5.31. The maximum atomic E-state index is 12.7. The molecule has 0 aromatic heterocycles. The van der Waals surface area contributed by atoms with E-state index >= 15 is 0 Å². The van der Waals surface area contributed by atoms with Crippen molar-refractivity contribution in [3.8, 4) is 0 Å². The second-order valence-corrected chi connectivity index (χ2v) is 7.13. The number of benzene rings is 1. The third kappa shape index (κ3) is 4.52. The maximum Gasteiger partial charge on any atom is 0.416 e. The van der Waals surface area contributed by atoms with Crippen molar-refractivity contribution in [2.75, 3.05) is 26.2 Å². The summed E-state index contributed by atoms with van der Waals surface area (Å²) in [5, 5.41) is 9.50. The fraction of sp³-hybridized carbons (Fsp3) is 0.611. The molecule has 3 N–H and O–H groups in total. The SMILES string of the molecule is O=C(NCCc1cccc(C(F)(F)F)c1)[C@@H]1CC2(CCNCC2)CN1. The van der Waals surface area contributed by atoms with Crippen LogP contribution in [0.2, 0.25) is 0 Å². The molecular weight excluding hydrogens is 331 g/mol. The van der Waals surface area contributed by atoms with Gasteiger partial charge >= 0.3 is 6.18 Å². The van der Waals surface area contributed by atoms with Gasteiger partial charge in [0.2, 0.25) is 5.91 Å². The van der Waals surface area contributed by atoms with Crippen LogP contribution in [0.3, 0.4) is 0 Å². The van der Waals surface area contributed by atoms with Gasteiger partial charge < -0.3 is 16.0 Å². The van der Waals surface area contributed by atoms with Gasteiger partial charge in [0.1, 0.15) is 0 Å². The van der Waals surface area contributed by atoms with Crippen LogP contribution in [0.1, 0.15) is 30.4 Å². The lowest BCUT2D eigenvalue weighted by Crippen LogP contribution is -2.41. The summed E-state index contributed by atoms with van der Waals surface area (Å²) in [6.45, 7) is 3.18. The van der Waals surface area contributed by atoms with Crippen molar-refractivity contribution in [3.05, 3.63) is 35.4 Å². The molecule has 0 radical (unpaired) electrons. The third-order valence-electron chi connectivity index (χ3n) is 5.31. The summed E-state index contributed by atoms with van der Waals surface area (Å²) in [5.74, 6) is -0.0533. The lowest BCUT2D eigenvalue weighted by molar-refractivity contribution is -0.137. The number of carbonyl (C=O) groups excluding carboxylic acids is 1. The summed E-state index contributed by atoms with van der Waals surface area (Å²) in [7, 11) is 0. The fourth-order valence-corrected chi connectivity index (χ4v) is 3.80. The Labute approximate surface area is 145 Å². The number of nitrogens with one attached hydrogen (secondary N) is 3. The number of rotatable bonds is 4. The number of hydrogen-bond acceptors (Lipinski definition) is 3. The van der Waals surface area contributed by atoms with Crippen molar-refractivity contribution in [1.82, 2.24) is 16.0 Å². The molecule has 2 aliphatic heterocycles. The minimum Gasteiger partial charge on any atom is -0.354 e. The molecule has 7 heteroatoms. The standard InChI is InChI=1S/C18H24F3N3O/c19-18(20,21)14-3-1-2-13(10-14)4-7-23-16(25)15-11-17(12-24-15)5-8-22-9-6-17/h1-3,10,15,22,24H,4-9,11-12H2,(H,23,25)/t15-/m0/s1. The van der Waals surface area contributed by atoms with Gasteiger partial charge in [-0.1, -0.05) is 18.2 Å². The minimum absolute atomic E-state index is 0.0533. The van der Waals surface area contributed by atoms with Crippen molar-refractivity contribution in [3.63, 3.8) is 0 Å². The predicted octanol–water partition coefficient (Wildman–Crippen LogP) is 2.10. The van der Waals surface area contributed by atoms with E-state index in [2.05, 4.69) is 16.0 Å². The minimum atomic E-state index is -4.34. The Morgan fingerprint density at radius 2 is 2.04 bits per heavy atom. The van der Waals surface area contributed by atoms with Crippen LogP contribution in [0, 0.1) is 5.41 Å². The van der Waals surface area contributed by atoms with Crippen LogP contribution in [-0.4, -0.2) is 38.1 Å². The molecular formula is C18H24F3N3O. The number of hydrogen-bond donors (Lipinski definition) is 3. The molecule has 0 bridgehead atoms. The molecule has 1 aromatic carbocycles. The zero-order valence-electron chi connectivity index (χ0n) is 14.1. The zero-order valence-corrected chi connectivity index (χ0v) is 14.1. The van der Waals surface area contributed by atoms with Crippen LogP contribution in [0.4, 0.5) is 13.2 Å². The number of halogens is 3.